The molecule has 3 rings (SSSR count). The number of aryl methyl sites for hydroxylation is 1. The number of carbonyl (C=O) groups is 1. The van der Waals surface area contributed by atoms with Gasteiger partial charge in [-0.25, -0.2) is 17.9 Å². The maximum Gasteiger partial charge on any atom is 0.339 e. The second-order valence-electron chi connectivity index (χ2n) is 7.48. The van der Waals surface area contributed by atoms with Gasteiger partial charge < -0.3 is 14.5 Å². The molecule has 0 fully saturated rings. The topological polar surface area (TPSA) is 115 Å². The van der Waals surface area contributed by atoms with Crippen molar-refractivity contribution in [3.63, 3.8) is 0 Å². The minimum absolute atomic E-state index is 0.0200. The molecule has 1 aromatic heterocycles. The lowest BCUT2D eigenvalue weighted by atomic mass is 10.00. The number of fused-ring (bicyclic) bond motifs is 1. The van der Waals surface area contributed by atoms with E-state index in [9.17, 15) is 18.0 Å². The number of para-hydroxylation sites is 1. The Balaban J connectivity index is 2.20. The van der Waals surface area contributed by atoms with Crippen molar-refractivity contribution in [1.82, 2.24) is 4.72 Å². The fraction of sp³-hybridized carbons (Fsp3) is 0.304. The first-order valence-corrected chi connectivity index (χ1v) is 11.6. The third-order valence-electron chi connectivity index (χ3n) is 5.10. The summed E-state index contributed by atoms with van der Waals surface area (Å²) in [5.41, 5.74) is 2.09. The van der Waals surface area contributed by atoms with Crippen LogP contribution in [0.2, 0.25) is 0 Å². The Kier molecular flexibility index (Phi) is 6.71. The van der Waals surface area contributed by atoms with Gasteiger partial charge >= 0.3 is 5.97 Å². The van der Waals surface area contributed by atoms with Crippen LogP contribution in [0.4, 0.5) is 5.69 Å². The van der Waals surface area contributed by atoms with Crippen molar-refractivity contribution in [3.8, 4) is 0 Å². The maximum atomic E-state index is 13.0. The van der Waals surface area contributed by atoms with Gasteiger partial charge in [0.1, 0.15) is 5.58 Å². The van der Waals surface area contributed by atoms with Crippen LogP contribution in [0.25, 0.3) is 11.0 Å². The van der Waals surface area contributed by atoms with Crippen LogP contribution in [0.15, 0.2) is 50.7 Å². The van der Waals surface area contributed by atoms with E-state index in [1.54, 1.807) is 37.3 Å². The Morgan fingerprint density at radius 1 is 1.19 bits per heavy atom. The zero-order valence-corrected chi connectivity index (χ0v) is 19.4. The van der Waals surface area contributed by atoms with Gasteiger partial charge in [-0.1, -0.05) is 25.1 Å². The van der Waals surface area contributed by atoms with Crippen LogP contribution in [0.1, 0.15) is 46.9 Å². The molecule has 9 heteroatoms. The number of rotatable bonds is 7. The Hall–Kier alpha value is -3.17. The van der Waals surface area contributed by atoms with E-state index >= 15 is 0 Å². The van der Waals surface area contributed by atoms with E-state index in [0.29, 0.717) is 22.2 Å². The lowest BCUT2D eigenvalue weighted by Crippen LogP contribution is -2.26. The van der Waals surface area contributed by atoms with Gasteiger partial charge in [0.25, 0.3) is 10.0 Å². The highest BCUT2D eigenvalue weighted by atomic mass is 32.2. The monoisotopic (exact) mass is 458 g/mol. The van der Waals surface area contributed by atoms with Gasteiger partial charge in [-0.2, -0.15) is 0 Å². The molecule has 0 radical (unpaired) electrons. The molecule has 0 aliphatic rings. The first kappa shape index (κ1) is 23.5. The summed E-state index contributed by atoms with van der Waals surface area (Å²) in [5, 5.41) is 3.15. The summed E-state index contributed by atoms with van der Waals surface area (Å²) in [6, 6.07) is 9.95. The Bertz CT molecular complexity index is 1340. The number of benzene rings is 2. The zero-order chi connectivity index (χ0) is 23.6. The molecule has 0 bridgehead atoms. The van der Waals surface area contributed by atoms with Crippen LogP contribution in [0.5, 0.6) is 0 Å². The molecule has 0 amide bonds. The van der Waals surface area contributed by atoms with E-state index in [2.05, 4.69) is 10.0 Å². The van der Waals surface area contributed by atoms with Gasteiger partial charge in [-0.15, -0.1) is 0 Å². The fourth-order valence-electron chi connectivity index (χ4n) is 3.59. The zero-order valence-electron chi connectivity index (χ0n) is 18.6. The summed E-state index contributed by atoms with van der Waals surface area (Å²) in [6.45, 7) is 6.92. The van der Waals surface area contributed by atoms with Crippen molar-refractivity contribution in [1.29, 1.82) is 0 Å². The molecule has 0 spiro atoms. The molecule has 1 heterocycles. The predicted molar refractivity (Wildman–Crippen MR) is 123 cm³/mol. The normalized spacial score (nSPS) is 12.5. The van der Waals surface area contributed by atoms with Crippen molar-refractivity contribution >= 4 is 32.6 Å². The van der Waals surface area contributed by atoms with Crippen LogP contribution < -0.4 is 15.5 Å². The molecule has 1 atom stereocenters. The van der Waals surface area contributed by atoms with E-state index in [0.717, 1.165) is 5.56 Å². The van der Waals surface area contributed by atoms with Crippen LogP contribution >= 0.6 is 0 Å². The second kappa shape index (κ2) is 9.13. The molecule has 0 saturated carbocycles. The minimum atomic E-state index is -3.99. The predicted octanol–water partition coefficient (Wildman–Crippen LogP) is 3.67. The average Bonchev–Trinajstić information content (AvgIpc) is 2.75. The molecule has 3 aromatic rings. The lowest BCUT2D eigenvalue weighted by molar-refractivity contribution is 0.0601. The van der Waals surface area contributed by atoms with Gasteiger partial charge in [0.15, 0.2) is 5.43 Å². The van der Waals surface area contributed by atoms with Crippen LogP contribution in [-0.4, -0.2) is 28.0 Å². The van der Waals surface area contributed by atoms with Crippen molar-refractivity contribution in [3.05, 3.63) is 68.9 Å². The largest absolute Gasteiger partial charge is 0.465 e. The van der Waals surface area contributed by atoms with Gasteiger partial charge in [-0.05, 0) is 44.5 Å². The number of methoxy groups -OCH3 is 1. The molecular formula is C23H26N2O6S. The summed E-state index contributed by atoms with van der Waals surface area (Å²) in [6.07, 6.45) is 0. The first-order valence-electron chi connectivity index (χ1n) is 10.1. The van der Waals surface area contributed by atoms with Gasteiger partial charge in [0, 0.05) is 17.8 Å². The SMILES string of the molecule is CCNS(=O)(=O)c1oc2c(C(C)Nc3ccccc3C(=O)OC)cc(C)cc2c(=O)c1C. The number of esters is 1. The van der Waals surface area contributed by atoms with E-state index in [4.69, 9.17) is 9.15 Å². The first-order chi connectivity index (χ1) is 15.1. The number of hydrogen-bond acceptors (Lipinski definition) is 7. The molecule has 2 N–H and O–H groups in total. The van der Waals surface area contributed by atoms with Crippen LogP contribution in [0, 0.1) is 13.8 Å². The molecule has 2 aromatic carbocycles. The third kappa shape index (κ3) is 4.39. The van der Waals surface area contributed by atoms with Crippen molar-refractivity contribution in [2.45, 2.75) is 38.8 Å². The van der Waals surface area contributed by atoms with Crippen LogP contribution in [-0.2, 0) is 14.8 Å². The van der Waals surface area contributed by atoms with E-state index < -0.39 is 32.6 Å². The average molecular weight is 459 g/mol. The Morgan fingerprint density at radius 3 is 2.53 bits per heavy atom. The highest BCUT2D eigenvalue weighted by Gasteiger charge is 2.25. The molecule has 0 aliphatic carbocycles. The van der Waals surface area contributed by atoms with Crippen LogP contribution in [0.3, 0.4) is 0 Å². The van der Waals surface area contributed by atoms with E-state index in [1.165, 1.54) is 14.0 Å². The van der Waals surface area contributed by atoms with Gasteiger partial charge in [0.2, 0.25) is 5.09 Å². The maximum absolute atomic E-state index is 13.0. The lowest BCUT2D eigenvalue weighted by Gasteiger charge is -2.20. The molecule has 170 valence electrons. The molecule has 1 unspecified atom stereocenters. The Morgan fingerprint density at radius 2 is 1.88 bits per heavy atom. The smallest absolute Gasteiger partial charge is 0.339 e. The second-order valence-corrected chi connectivity index (χ2v) is 9.15. The molecule has 8 nitrogen and oxygen atoms in total. The number of sulfonamides is 1. The van der Waals surface area contributed by atoms with Gasteiger partial charge in [0.05, 0.1) is 29.7 Å². The standard InChI is InChI=1S/C23H26N2O6S/c1-6-24-32(28,29)23-14(3)20(26)18-12-13(2)11-17(21(18)31-23)15(4)25-19-10-8-7-9-16(19)22(27)30-5/h7-12,15,24-25H,6H2,1-5H3. The highest BCUT2D eigenvalue weighted by Crippen LogP contribution is 2.31. The van der Waals surface area contributed by atoms with Gasteiger partial charge in [-0.3, -0.25) is 4.79 Å². The molecular weight excluding hydrogens is 432 g/mol. The summed E-state index contributed by atoms with van der Waals surface area (Å²) in [4.78, 5) is 25.2. The van der Waals surface area contributed by atoms with Crippen molar-refractivity contribution < 1.29 is 22.4 Å². The minimum Gasteiger partial charge on any atom is -0.465 e. The van der Waals surface area contributed by atoms with E-state index in [-0.39, 0.29) is 17.7 Å². The quantitative estimate of drug-likeness (QED) is 0.519. The summed E-state index contributed by atoms with van der Waals surface area (Å²) < 4.78 is 38.3. The highest BCUT2D eigenvalue weighted by molar-refractivity contribution is 7.89. The van der Waals surface area contributed by atoms with Crippen molar-refractivity contribution in [2.24, 2.45) is 0 Å². The summed E-state index contributed by atoms with van der Waals surface area (Å²) >= 11 is 0. The molecule has 0 saturated heterocycles. The van der Waals surface area contributed by atoms with Crippen molar-refractivity contribution in [2.75, 3.05) is 19.0 Å². The number of nitrogens with one attached hydrogen (secondary N) is 2. The Labute approximate surface area is 186 Å². The molecule has 32 heavy (non-hydrogen) atoms. The molecule has 0 aliphatic heterocycles. The summed E-state index contributed by atoms with van der Waals surface area (Å²) in [7, 11) is -2.68. The van der Waals surface area contributed by atoms with E-state index in [1.807, 2.05) is 19.9 Å². The number of carbonyl (C=O) groups excluding carboxylic acids is 1. The summed E-state index contributed by atoms with van der Waals surface area (Å²) in [5.74, 6) is -0.490. The number of anilines is 1. The third-order valence-corrected chi connectivity index (χ3v) is 6.64. The number of hydrogen-bond donors (Lipinski definition) is 2. The fourth-order valence-corrected chi connectivity index (χ4v) is 4.79. The number of ether oxygens (including phenoxy) is 1.